The van der Waals surface area contributed by atoms with Gasteiger partial charge in [-0.1, -0.05) is 12.1 Å². The molecule has 8 heteroatoms. The molecule has 7 nitrogen and oxygen atoms in total. The van der Waals surface area contributed by atoms with E-state index in [1.54, 1.807) is 25.3 Å². The van der Waals surface area contributed by atoms with E-state index in [1.807, 2.05) is 49.4 Å². The average molecular weight is 448 g/mol. The molecule has 0 fully saturated rings. The number of anilines is 1. The summed E-state index contributed by atoms with van der Waals surface area (Å²) < 4.78 is 16.3. The van der Waals surface area contributed by atoms with Gasteiger partial charge in [0.1, 0.15) is 17.0 Å². The summed E-state index contributed by atoms with van der Waals surface area (Å²) in [4.78, 5) is 17.2. The van der Waals surface area contributed by atoms with Crippen LogP contribution >= 0.6 is 12.2 Å². The summed E-state index contributed by atoms with van der Waals surface area (Å²) in [5.41, 5.74) is 4.44. The van der Waals surface area contributed by atoms with Crippen LogP contribution in [0.3, 0.4) is 0 Å². The normalized spacial score (nSPS) is 10.6. The van der Waals surface area contributed by atoms with Crippen molar-refractivity contribution in [3.05, 3.63) is 71.8 Å². The van der Waals surface area contributed by atoms with Gasteiger partial charge in [0.2, 0.25) is 5.89 Å². The molecule has 162 valence electrons. The van der Waals surface area contributed by atoms with Crippen molar-refractivity contribution < 1.29 is 18.7 Å². The Labute approximate surface area is 190 Å². The molecule has 1 heterocycles. The maximum Gasteiger partial charge on any atom is 0.261 e. The molecule has 0 aliphatic heterocycles. The fraction of sp³-hybridized carbons (Fsp3) is 0.125. The van der Waals surface area contributed by atoms with Gasteiger partial charge in [0.15, 0.2) is 10.7 Å². The summed E-state index contributed by atoms with van der Waals surface area (Å²) in [5, 5.41) is 5.84. The first-order valence-corrected chi connectivity index (χ1v) is 10.2. The highest BCUT2D eigenvalue weighted by Crippen LogP contribution is 2.27. The standard InChI is InChI=1S/C24H21N3O4S/c1-14-7-10-19-21(11-14)31-23(26-19)15-5-4-6-16(12-15)25-24(32)27-22(28)18-9-8-17(29-2)13-20(18)30-3/h4-13H,1-3H3,(H2,25,27,28,32). The zero-order valence-corrected chi connectivity index (χ0v) is 18.6. The number of thiocarbonyl (C=S) groups is 1. The Hall–Kier alpha value is -3.91. The predicted octanol–water partition coefficient (Wildman–Crippen LogP) is 4.95. The number of methoxy groups -OCH3 is 2. The van der Waals surface area contributed by atoms with E-state index in [2.05, 4.69) is 15.6 Å². The van der Waals surface area contributed by atoms with Gasteiger partial charge in [-0.15, -0.1) is 0 Å². The first-order valence-electron chi connectivity index (χ1n) is 9.79. The van der Waals surface area contributed by atoms with Gasteiger partial charge in [0.05, 0.1) is 19.8 Å². The number of carbonyl (C=O) groups is 1. The van der Waals surface area contributed by atoms with Crippen LogP contribution in [0.25, 0.3) is 22.6 Å². The van der Waals surface area contributed by atoms with Crippen molar-refractivity contribution in [2.75, 3.05) is 19.5 Å². The van der Waals surface area contributed by atoms with Crippen molar-refractivity contribution in [2.45, 2.75) is 6.92 Å². The van der Waals surface area contributed by atoms with Crippen molar-refractivity contribution in [3.8, 4) is 23.0 Å². The molecule has 0 radical (unpaired) electrons. The van der Waals surface area contributed by atoms with E-state index in [0.717, 1.165) is 22.2 Å². The molecule has 0 bridgehead atoms. The number of benzene rings is 3. The van der Waals surface area contributed by atoms with Gasteiger partial charge in [-0.05, 0) is 67.2 Å². The van der Waals surface area contributed by atoms with Gasteiger partial charge in [0.25, 0.3) is 5.91 Å². The maximum atomic E-state index is 12.7. The summed E-state index contributed by atoms with van der Waals surface area (Å²) in [6.45, 7) is 2.00. The van der Waals surface area contributed by atoms with Crippen molar-refractivity contribution in [1.29, 1.82) is 0 Å². The molecule has 0 aliphatic carbocycles. The molecule has 0 aliphatic rings. The summed E-state index contributed by atoms with van der Waals surface area (Å²) in [7, 11) is 3.03. The number of aromatic nitrogens is 1. The van der Waals surface area contributed by atoms with Gasteiger partial charge in [-0.2, -0.15) is 0 Å². The monoisotopic (exact) mass is 447 g/mol. The highest BCUT2D eigenvalue weighted by molar-refractivity contribution is 7.80. The average Bonchev–Trinajstić information content (AvgIpc) is 3.22. The first kappa shape index (κ1) is 21.3. The second kappa shape index (κ2) is 9.07. The third-order valence-electron chi connectivity index (χ3n) is 4.79. The highest BCUT2D eigenvalue weighted by atomic mass is 32.1. The van der Waals surface area contributed by atoms with Crippen molar-refractivity contribution >= 4 is 40.0 Å². The largest absolute Gasteiger partial charge is 0.497 e. The minimum absolute atomic E-state index is 0.151. The van der Waals surface area contributed by atoms with Gasteiger partial charge in [0, 0.05) is 17.3 Å². The van der Waals surface area contributed by atoms with Gasteiger partial charge in [-0.3, -0.25) is 10.1 Å². The lowest BCUT2D eigenvalue weighted by atomic mass is 10.1. The van der Waals surface area contributed by atoms with Gasteiger partial charge >= 0.3 is 0 Å². The van der Waals surface area contributed by atoms with E-state index in [0.29, 0.717) is 28.6 Å². The smallest absolute Gasteiger partial charge is 0.261 e. The molecule has 0 atom stereocenters. The number of nitrogens with one attached hydrogen (secondary N) is 2. The number of amides is 1. The van der Waals surface area contributed by atoms with Crippen molar-refractivity contribution in [1.82, 2.24) is 10.3 Å². The van der Waals surface area contributed by atoms with E-state index in [1.165, 1.54) is 7.11 Å². The molecular weight excluding hydrogens is 426 g/mol. The van der Waals surface area contributed by atoms with Crippen molar-refractivity contribution in [2.24, 2.45) is 0 Å². The fourth-order valence-electron chi connectivity index (χ4n) is 3.20. The Morgan fingerprint density at radius 1 is 1.03 bits per heavy atom. The summed E-state index contributed by atoms with van der Waals surface area (Å²) in [6, 6.07) is 18.2. The molecule has 0 spiro atoms. The Bertz CT molecular complexity index is 1320. The van der Waals surface area contributed by atoms with Crippen LogP contribution < -0.4 is 20.1 Å². The predicted molar refractivity (Wildman–Crippen MR) is 127 cm³/mol. The summed E-state index contributed by atoms with van der Waals surface area (Å²) >= 11 is 5.32. The lowest BCUT2D eigenvalue weighted by molar-refractivity contribution is 0.0974. The van der Waals surface area contributed by atoms with E-state index in [-0.39, 0.29) is 5.11 Å². The second-order valence-corrected chi connectivity index (χ2v) is 7.45. The third-order valence-corrected chi connectivity index (χ3v) is 5.00. The van der Waals surface area contributed by atoms with E-state index >= 15 is 0 Å². The molecular formula is C24H21N3O4S. The quantitative estimate of drug-likeness (QED) is 0.419. The minimum Gasteiger partial charge on any atom is -0.497 e. The van der Waals surface area contributed by atoms with Crippen LogP contribution in [0.4, 0.5) is 5.69 Å². The Morgan fingerprint density at radius 3 is 2.66 bits per heavy atom. The topological polar surface area (TPSA) is 85.6 Å². The molecule has 4 rings (SSSR count). The van der Waals surface area contributed by atoms with Crippen LogP contribution in [0.1, 0.15) is 15.9 Å². The SMILES string of the molecule is COc1ccc(C(=O)NC(=S)Nc2cccc(-c3nc4ccc(C)cc4o3)c2)c(OC)c1. The number of rotatable bonds is 5. The maximum absolute atomic E-state index is 12.7. The zero-order valence-electron chi connectivity index (χ0n) is 17.8. The molecule has 0 saturated heterocycles. The van der Waals surface area contributed by atoms with Gasteiger partial charge < -0.3 is 19.2 Å². The number of fused-ring (bicyclic) bond motifs is 1. The Morgan fingerprint density at radius 2 is 1.88 bits per heavy atom. The third kappa shape index (κ3) is 4.55. The van der Waals surface area contributed by atoms with E-state index in [4.69, 9.17) is 26.1 Å². The Balaban J connectivity index is 1.48. The number of hydrogen-bond acceptors (Lipinski definition) is 6. The molecule has 3 aromatic carbocycles. The van der Waals surface area contributed by atoms with Crippen LogP contribution in [0.2, 0.25) is 0 Å². The minimum atomic E-state index is -0.396. The molecule has 0 saturated carbocycles. The summed E-state index contributed by atoms with van der Waals surface area (Å²) in [6.07, 6.45) is 0. The number of aryl methyl sites for hydroxylation is 1. The number of carbonyl (C=O) groups excluding carboxylic acids is 1. The van der Waals surface area contributed by atoms with Crippen LogP contribution in [0.15, 0.2) is 65.1 Å². The fourth-order valence-corrected chi connectivity index (χ4v) is 3.41. The molecule has 2 N–H and O–H groups in total. The lowest BCUT2D eigenvalue weighted by Gasteiger charge is -2.13. The second-order valence-electron chi connectivity index (χ2n) is 7.05. The van der Waals surface area contributed by atoms with E-state index < -0.39 is 5.91 Å². The number of hydrogen-bond donors (Lipinski definition) is 2. The molecule has 1 aromatic heterocycles. The molecule has 4 aromatic rings. The summed E-state index contributed by atoms with van der Waals surface area (Å²) in [5.74, 6) is 1.09. The molecule has 32 heavy (non-hydrogen) atoms. The van der Waals surface area contributed by atoms with Crippen LogP contribution in [-0.4, -0.2) is 30.2 Å². The number of oxazole rings is 1. The molecule has 0 unspecified atom stereocenters. The van der Waals surface area contributed by atoms with Crippen LogP contribution in [0, 0.1) is 6.92 Å². The van der Waals surface area contributed by atoms with Crippen LogP contribution in [-0.2, 0) is 0 Å². The van der Waals surface area contributed by atoms with E-state index in [9.17, 15) is 4.79 Å². The number of ether oxygens (including phenoxy) is 2. The first-order chi connectivity index (χ1) is 15.5. The van der Waals surface area contributed by atoms with Gasteiger partial charge in [-0.25, -0.2) is 4.98 Å². The van der Waals surface area contributed by atoms with Crippen molar-refractivity contribution in [3.63, 3.8) is 0 Å². The van der Waals surface area contributed by atoms with Crippen LogP contribution in [0.5, 0.6) is 11.5 Å². The number of nitrogens with zero attached hydrogens (tertiary/aromatic N) is 1. The molecule has 1 amide bonds. The lowest BCUT2D eigenvalue weighted by Crippen LogP contribution is -2.34. The zero-order chi connectivity index (χ0) is 22.7. The highest BCUT2D eigenvalue weighted by Gasteiger charge is 2.15. The Kier molecular flexibility index (Phi) is 6.04.